The fraction of sp³-hybridized carbons (Fsp3) is 0.346. The molecule has 1 aromatic heterocycles. The number of sulfone groups is 1. The molecular weight excluding hydrogens is 528 g/mol. The zero-order valence-electron chi connectivity index (χ0n) is 21.7. The van der Waals surface area contributed by atoms with Crippen LogP contribution in [0.5, 0.6) is 5.75 Å². The van der Waals surface area contributed by atoms with Crippen molar-refractivity contribution in [1.29, 1.82) is 0 Å². The molecule has 38 heavy (non-hydrogen) atoms. The van der Waals surface area contributed by atoms with Crippen molar-refractivity contribution in [2.45, 2.75) is 49.8 Å². The second-order valence-corrected chi connectivity index (χ2v) is 12.0. The lowest BCUT2D eigenvalue weighted by molar-refractivity contribution is -0.119. The van der Waals surface area contributed by atoms with Crippen LogP contribution in [0.3, 0.4) is 0 Å². The molecule has 0 fully saturated rings. The van der Waals surface area contributed by atoms with Crippen molar-refractivity contribution in [2.75, 3.05) is 29.2 Å². The zero-order valence-corrected chi connectivity index (χ0v) is 23.2. The highest BCUT2D eigenvalue weighted by Crippen LogP contribution is 2.40. The minimum atomic E-state index is -3.55. The Balaban J connectivity index is 1.69. The van der Waals surface area contributed by atoms with E-state index in [0.717, 1.165) is 11.3 Å². The first-order chi connectivity index (χ1) is 18.1. The first-order valence-corrected chi connectivity index (χ1v) is 14.2. The molecule has 4 N–H and O–H groups in total. The van der Waals surface area contributed by atoms with Crippen LogP contribution in [-0.4, -0.2) is 49.2 Å². The van der Waals surface area contributed by atoms with Crippen molar-refractivity contribution in [3.8, 4) is 5.75 Å². The summed E-state index contributed by atoms with van der Waals surface area (Å²) in [6.07, 6.45) is 2.48. The van der Waals surface area contributed by atoms with Gasteiger partial charge in [-0.1, -0.05) is 23.7 Å². The van der Waals surface area contributed by atoms with Crippen molar-refractivity contribution in [3.63, 3.8) is 0 Å². The lowest BCUT2D eigenvalue weighted by atomic mass is 10.0. The Bertz CT molecular complexity index is 1460. The van der Waals surface area contributed by atoms with Crippen LogP contribution < -0.4 is 26.0 Å². The number of carbonyl (C=O) groups excluding carboxylic acids is 1. The summed E-state index contributed by atoms with van der Waals surface area (Å²) in [6, 6.07) is 9.65. The molecule has 1 aliphatic heterocycles. The maximum absolute atomic E-state index is 12.9. The molecule has 1 amide bonds. The van der Waals surface area contributed by atoms with Gasteiger partial charge in [0.15, 0.2) is 15.7 Å². The number of para-hydroxylation sites is 1. The number of carbonyl (C=O) groups is 1. The zero-order chi connectivity index (χ0) is 27.6. The molecule has 4 rings (SSSR count). The van der Waals surface area contributed by atoms with Gasteiger partial charge in [-0.2, -0.15) is 4.98 Å². The van der Waals surface area contributed by atoms with Gasteiger partial charge in [-0.25, -0.2) is 13.4 Å². The van der Waals surface area contributed by atoms with E-state index in [2.05, 4.69) is 20.6 Å². The van der Waals surface area contributed by atoms with Gasteiger partial charge in [-0.15, -0.1) is 0 Å². The number of likely N-dealkylation sites (N-methyl/N-ethyl adjacent to an activating group) is 1. The van der Waals surface area contributed by atoms with Gasteiger partial charge < -0.3 is 26.0 Å². The molecule has 3 aromatic rings. The molecule has 2 aromatic carbocycles. The lowest BCUT2D eigenvalue weighted by Crippen LogP contribution is -2.42. The molecule has 0 radical (unpaired) electrons. The van der Waals surface area contributed by atoms with E-state index in [-0.39, 0.29) is 27.6 Å². The van der Waals surface area contributed by atoms with E-state index in [9.17, 15) is 13.2 Å². The maximum Gasteiger partial charge on any atom is 0.243 e. The summed E-state index contributed by atoms with van der Waals surface area (Å²) < 4.78 is 31.5. The number of ether oxygens (including phenoxy) is 1. The highest BCUT2D eigenvalue weighted by molar-refractivity contribution is 7.92. The second kappa shape index (κ2) is 11.1. The van der Waals surface area contributed by atoms with Gasteiger partial charge in [-0.3, -0.25) is 4.79 Å². The van der Waals surface area contributed by atoms with Crippen LogP contribution in [0, 0.1) is 0 Å². The maximum atomic E-state index is 12.9. The lowest BCUT2D eigenvalue weighted by Gasteiger charge is -2.24. The number of rotatable bonds is 8. The number of benzene rings is 2. The summed E-state index contributed by atoms with van der Waals surface area (Å²) in [5.41, 5.74) is 8.68. The Labute approximate surface area is 227 Å². The Morgan fingerprint density at radius 1 is 1.18 bits per heavy atom. The second-order valence-electron chi connectivity index (χ2n) is 9.10. The van der Waals surface area contributed by atoms with Gasteiger partial charge in [0, 0.05) is 12.1 Å². The van der Waals surface area contributed by atoms with E-state index in [1.165, 1.54) is 6.20 Å². The predicted octanol–water partition coefficient (Wildman–Crippen LogP) is 4.43. The molecular formula is C26H31ClN6O4S. The predicted molar refractivity (Wildman–Crippen MR) is 150 cm³/mol. The van der Waals surface area contributed by atoms with Crippen LogP contribution in [0.15, 0.2) is 47.5 Å². The van der Waals surface area contributed by atoms with Crippen molar-refractivity contribution in [3.05, 3.63) is 53.2 Å². The topological polar surface area (TPSA) is 140 Å². The minimum Gasteiger partial charge on any atom is -0.494 e. The molecule has 0 saturated carbocycles. The fourth-order valence-electron chi connectivity index (χ4n) is 4.35. The molecule has 202 valence electrons. The third-order valence-electron chi connectivity index (χ3n) is 6.39. The van der Waals surface area contributed by atoms with Crippen LogP contribution in [-0.2, 0) is 21.1 Å². The van der Waals surface area contributed by atoms with Gasteiger partial charge in [-0.05, 0) is 57.9 Å². The molecule has 10 nitrogen and oxygen atoms in total. The number of nitrogens with two attached hydrogens (primary N) is 1. The fourth-order valence-corrected chi connectivity index (χ4v) is 5.69. The first-order valence-electron chi connectivity index (χ1n) is 12.2. The molecule has 0 aliphatic carbocycles. The standard InChI is InChI=1S/C26H31ClN6O4S/c1-5-33-21-13-12-20(23(37-4)16(21)10-11-18(28)25(33)34)31-26-29-14-17(27)24(32-26)30-19-8-6-7-9-22(19)38(35,36)15(2)3/h6-9,12-15,18H,5,10-11,28H2,1-4H3,(H2,29,30,31,32). The van der Waals surface area contributed by atoms with Crippen molar-refractivity contribution in [2.24, 2.45) is 5.73 Å². The summed E-state index contributed by atoms with van der Waals surface area (Å²) >= 11 is 6.37. The summed E-state index contributed by atoms with van der Waals surface area (Å²) in [7, 11) is -1.99. The Kier molecular flexibility index (Phi) is 8.10. The van der Waals surface area contributed by atoms with E-state index in [0.29, 0.717) is 36.5 Å². The average Bonchev–Trinajstić information content (AvgIpc) is 3.01. The number of anilines is 5. The molecule has 1 unspecified atom stereocenters. The number of hydrogen-bond donors (Lipinski definition) is 3. The van der Waals surface area contributed by atoms with Gasteiger partial charge in [0.1, 0.15) is 10.8 Å². The first kappa shape index (κ1) is 27.6. The molecule has 12 heteroatoms. The average molecular weight is 559 g/mol. The van der Waals surface area contributed by atoms with Crippen molar-refractivity contribution in [1.82, 2.24) is 9.97 Å². The van der Waals surface area contributed by atoms with Crippen LogP contribution in [0.25, 0.3) is 0 Å². The highest BCUT2D eigenvalue weighted by atomic mass is 35.5. The summed E-state index contributed by atoms with van der Waals surface area (Å²) in [4.78, 5) is 23.3. The smallest absolute Gasteiger partial charge is 0.243 e. The van der Waals surface area contributed by atoms with Gasteiger partial charge in [0.2, 0.25) is 11.9 Å². The molecule has 1 aliphatic rings. The molecule has 1 atom stereocenters. The highest BCUT2D eigenvalue weighted by Gasteiger charge is 2.30. The SMILES string of the molecule is CCN1C(=O)C(N)CCc2c1ccc(Nc1ncc(Cl)c(Nc3ccccc3S(=O)(=O)C(C)C)n1)c2OC. The van der Waals surface area contributed by atoms with Crippen molar-refractivity contribution < 1.29 is 17.9 Å². The molecule has 0 saturated heterocycles. The number of hydrogen-bond acceptors (Lipinski definition) is 9. The van der Waals surface area contributed by atoms with Crippen molar-refractivity contribution >= 4 is 56.2 Å². The number of aromatic nitrogens is 2. The van der Waals surface area contributed by atoms with Gasteiger partial charge >= 0.3 is 0 Å². The Morgan fingerprint density at radius 3 is 2.61 bits per heavy atom. The third-order valence-corrected chi connectivity index (χ3v) is 8.88. The largest absolute Gasteiger partial charge is 0.494 e. The van der Waals surface area contributed by atoms with E-state index < -0.39 is 21.1 Å². The van der Waals surface area contributed by atoms with E-state index in [1.807, 2.05) is 13.0 Å². The van der Waals surface area contributed by atoms with Crippen LogP contribution in [0.1, 0.15) is 32.8 Å². The summed E-state index contributed by atoms with van der Waals surface area (Å²) in [6.45, 7) is 5.64. The summed E-state index contributed by atoms with van der Waals surface area (Å²) in [5, 5.41) is 5.83. The Morgan fingerprint density at radius 2 is 1.92 bits per heavy atom. The van der Waals surface area contributed by atoms with E-state index in [4.69, 9.17) is 22.1 Å². The molecule has 0 spiro atoms. The number of halogens is 1. The third kappa shape index (κ3) is 5.27. The van der Waals surface area contributed by atoms with Crippen LogP contribution >= 0.6 is 11.6 Å². The van der Waals surface area contributed by atoms with Crippen LogP contribution in [0.4, 0.5) is 28.8 Å². The van der Waals surface area contributed by atoms with Gasteiger partial charge in [0.25, 0.3) is 0 Å². The number of nitrogens with one attached hydrogen (secondary N) is 2. The number of fused-ring (bicyclic) bond motifs is 1. The monoisotopic (exact) mass is 558 g/mol. The van der Waals surface area contributed by atoms with Crippen LogP contribution in [0.2, 0.25) is 5.02 Å². The Hall–Kier alpha value is -3.41. The van der Waals surface area contributed by atoms with E-state index >= 15 is 0 Å². The molecule has 2 heterocycles. The number of methoxy groups -OCH3 is 1. The van der Waals surface area contributed by atoms with Gasteiger partial charge in [0.05, 0.1) is 46.6 Å². The van der Waals surface area contributed by atoms with E-state index in [1.54, 1.807) is 56.2 Å². The quantitative estimate of drug-likeness (QED) is 0.366. The normalized spacial score (nSPS) is 15.7. The molecule has 0 bridgehead atoms. The number of nitrogens with zero attached hydrogens (tertiary/aromatic N) is 3. The number of amides is 1. The minimum absolute atomic E-state index is 0.120. The summed E-state index contributed by atoms with van der Waals surface area (Å²) in [5.74, 6) is 0.890.